The van der Waals surface area contributed by atoms with E-state index in [1.54, 1.807) is 30.0 Å². The molecular weight excluding hydrogens is 388 g/mol. The first kappa shape index (κ1) is 19.6. The first-order valence-electron chi connectivity index (χ1n) is 8.84. The average molecular weight is 413 g/mol. The highest BCUT2D eigenvalue weighted by molar-refractivity contribution is 8.22. The Morgan fingerprint density at radius 2 is 2.08 bits per heavy atom. The summed E-state index contributed by atoms with van der Waals surface area (Å²) in [6.45, 7) is 5.08. The van der Waals surface area contributed by atoms with Crippen molar-refractivity contribution < 1.29 is 8.42 Å². The summed E-state index contributed by atoms with van der Waals surface area (Å²) in [5.41, 5.74) is 1.60. The lowest BCUT2D eigenvalue weighted by Crippen LogP contribution is -2.23. The molecule has 1 aliphatic heterocycles. The third-order valence-electron chi connectivity index (χ3n) is 4.55. The van der Waals surface area contributed by atoms with Gasteiger partial charge in [-0.3, -0.25) is 0 Å². The van der Waals surface area contributed by atoms with Crippen LogP contribution in [0.1, 0.15) is 38.4 Å². The number of likely N-dealkylation sites (tertiary alicyclic amines) is 1. The number of hydrogen-bond acceptors (Lipinski definition) is 5. The van der Waals surface area contributed by atoms with Gasteiger partial charge >= 0.3 is 0 Å². The smallest absolute Gasteiger partial charge is 0.238 e. The topological polar surface area (TPSA) is 81.2 Å². The molecule has 0 radical (unpaired) electrons. The molecule has 0 unspecified atom stereocenters. The fourth-order valence-corrected chi connectivity index (χ4v) is 4.86. The predicted octanol–water partition coefficient (Wildman–Crippen LogP) is 3.10. The molecule has 0 saturated carbocycles. The van der Waals surface area contributed by atoms with Gasteiger partial charge in [-0.25, -0.2) is 18.5 Å². The van der Waals surface area contributed by atoms with Gasteiger partial charge in [-0.15, -0.1) is 0 Å². The quantitative estimate of drug-likeness (QED) is 0.734. The lowest BCUT2D eigenvalue weighted by atomic mass is 10.3. The van der Waals surface area contributed by atoms with Crippen molar-refractivity contribution in [1.82, 2.24) is 14.5 Å². The molecule has 3 rings (SSSR count). The van der Waals surface area contributed by atoms with E-state index in [1.165, 1.54) is 12.8 Å². The number of rotatable bonds is 6. The van der Waals surface area contributed by atoms with E-state index in [9.17, 15) is 8.42 Å². The van der Waals surface area contributed by atoms with Crippen LogP contribution in [-0.4, -0.2) is 40.3 Å². The number of primary sulfonamides is 1. The molecule has 2 N–H and O–H groups in total. The van der Waals surface area contributed by atoms with E-state index >= 15 is 0 Å². The number of thiocarbonyl (C=S) groups is 1. The molecule has 1 aromatic carbocycles. The van der Waals surface area contributed by atoms with E-state index in [0.29, 0.717) is 11.3 Å². The number of unbranched alkanes of at least 4 members (excludes halogenated alkanes) is 1. The third kappa shape index (κ3) is 4.39. The van der Waals surface area contributed by atoms with Crippen molar-refractivity contribution in [3.8, 4) is 0 Å². The van der Waals surface area contributed by atoms with Crippen molar-refractivity contribution in [2.24, 2.45) is 5.14 Å². The molecule has 1 aromatic heterocycles. The van der Waals surface area contributed by atoms with Gasteiger partial charge in [0.2, 0.25) is 10.0 Å². The molecule has 1 aliphatic rings. The fourth-order valence-electron chi connectivity index (χ4n) is 3.13. The predicted molar refractivity (Wildman–Crippen MR) is 111 cm³/mol. The zero-order valence-electron chi connectivity index (χ0n) is 14.8. The number of sulfonamides is 1. The molecule has 2 heterocycles. The second-order valence-corrected chi connectivity index (χ2v) is 9.65. The number of nitrogens with zero attached hydrogens (tertiary/aromatic N) is 3. The van der Waals surface area contributed by atoms with E-state index < -0.39 is 10.0 Å². The Bertz CT molecular complexity index is 902. The fraction of sp³-hybridized carbons (Fsp3) is 0.529. The maximum absolute atomic E-state index is 11.6. The van der Waals surface area contributed by atoms with Crippen molar-refractivity contribution in [2.45, 2.75) is 49.8 Å². The molecule has 0 spiro atoms. The Labute approximate surface area is 164 Å². The Kier molecular flexibility index (Phi) is 6.21. The van der Waals surface area contributed by atoms with E-state index in [2.05, 4.69) is 21.4 Å². The maximum atomic E-state index is 11.6. The van der Waals surface area contributed by atoms with Gasteiger partial charge in [0.15, 0.2) is 0 Å². The van der Waals surface area contributed by atoms with Gasteiger partial charge in [0, 0.05) is 19.6 Å². The SMILES string of the molecule is CCCCn1c(CSC(=S)N2CCCC2)nc2cc(S(N)(=O)=O)ccc21. The van der Waals surface area contributed by atoms with Crippen molar-refractivity contribution in [2.75, 3.05) is 13.1 Å². The molecule has 1 saturated heterocycles. The number of thioether (sulfide) groups is 1. The summed E-state index contributed by atoms with van der Waals surface area (Å²) in [5, 5.41) is 5.25. The van der Waals surface area contributed by atoms with E-state index in [-0.39, 0.29) is 4.90 Å². The molecule has 0 atom stereocenters. The molecule has 142 valence electrons. The first-order valence-corrected chi connectivity index (χ1v) is 11.8. The number of fused-ring (bicyclic) bond motifs is 1. The number of benzene rings is 1. The van der Waals surface area contributed by atoms with Crippen molar-refractivity contribution in [3.63, 3.8) is 0 Å². The maximum Gasteiger partial charge on any atom is 0.238 e. The molecule has 0 aliphatic carbocycles. The van der Waals surface area contributed by atoms with Crippen molar-refractivity contribution in [3.05, 3.63) is 24.0 Å². The standard InChI is InChI=1S/C17H24N4O2S3/c1-2-3-10-21-15-7-6-13(26(18,22)23)11-14(15)19-16(21)12-25-17(24)20-8-4-5-9-20/h6-7,11H,2-5,8-10,12H2,1H3,(H2,18,22,23). The highest BCUT2D eigenvalue weighted by Crippen LogP contribution is 2.25. The Morgan fingerprint density at radius 3 is 2.73 bits per heavy atom. The first-order chi connectivity index (χ1) is 12.4. The van der Waals surface area contributed by atoms with Crippen LogP contribution in [0, 0.1) is 0 Å². The zero-order chi connectivity index (χ0) is 18.7. The molecule has 1 fully saturated rings. The third-order valence-corrected chi connectivity index (χ3v) is 6.98. The van der Waals surface area contributed by atoms with E-state index in [4.69, 9.17) is 17.4 Å². The van der Waals surface area contributed by atoms with Crippen molar-refractivity contribution >= 4 is 49.4 Å². The van der Waals surface area contributed by atoms with Gasteiger partial charge in [-0.1, -0.05) is 37.3 Å². The minimum atomic E-state index is -3.73. The van der Waals surface area contributed by atoms with Crippen LogP contribution in [0.25, 0.3) is 11.0 Å². The molecule has 0 amide bonds. The van der Waals surface area contributed by atoms with Crippen molar-refractivity contribution in [1.29, 1.82) is 0 Å². The van der Waals surface area contributed by atoms with Crippen LogP contribution in [0.2, 0.25) is 0 Å². The molecule has 9 heteroatoms. The summed E-state index contributed by atoms with van der Waals surface area (Å²) in [4.78, 5) is 7.02. The highest BCUT2D eigenvalue weighted by atomic mass is 32.2. The summed E-state index contributed by atoms with van der Waals surface area (Å²) < 4.78 is 26.3. The largest absolute Gasteiger partial charge is 0.358 e. The molecule has 2 aromatic rings. The molecule has 6 nitrogen and oxygen atoms in total. The lowest BCUT2D eigenvalue weighted by molar-refractivity contribution is 0.539. The zero-order valence-corrected chi connectivity index (χ0v) is 17.3. The number of aromatic nitrogens is 2. The summed E-state index contributed by atoms with van der Waals surface area (Å²) in [6.07, 6.45) is 4.52. The molecule has 0 bridgehead atoms. The lowest BCUT2D eigenvalue weighted by Gasteiger charge is -2.17. The number of imidazole rings is 1. The van der Waals surface area contributed by atoms with E-state index in [0.717, 1.165) is 48.1 Å². The Hall–Kier alpha value is -1.16. The number of hydrogen-bond donors (Lipinski definition) is 1. The van der Waals surface area contributed by atoms with Gasteiger partial charge in [0.1, 0.15) is 10.1 Å². The minimum Gasteiger partial charge on any atom is -0.358 e. The highest BCUT2D eigenvalue weighted by Gasteiger charge is 2.18. The average Bonchev–Trinajstić information content (AvgIpc) is 3.24. The van der Waals surface area contributed by atoms with Crippen LogP contribution in [0.4, 0.5) is 0 Å². The molecule has 26 heavy (non-hydrogen) atoms. The summed E-state index contributed by atoms with van der Waals surface area (Å²) >= 11 is 7.18. The van der Waals surface area contributed by atoms with Crippen LogP contribution >= 0.6 is 24.0 Å². The second kappa shape index (κ2) is 8.24. The summed E-state index contributed by atoms with van der Waals surface area (Å²) in [5.74, 6) is 1.60. The Balaban J connectivity index is 1.87. The second-order valence-electron chi connectivity index (χ2n) is 6.48. The van der Waals surface area contributed by atoms with Gasteiger partial charge in [0.25, 0.3) is 0 Å². The number of aryl methyl sites for hydroxylation is 1. The van der Waals surface area contributed by atoms with Gasteiger partial charge in [0.05, 0.1) is 21.7 Å². The van der Waals surface area contributed by atoms with Crippen LogP contribution in [0.15, 0.2) is 23.1 Å². The van der Waals surface area contributed by atoms with Crippen LogP contribution in [-0.2, 0) is 22.3 Å². The Morgan fingerprint density at radius 1 is 1.35 bits per heavy atom. The minimum absolute atomic E-state index is 0.0944. The van der Waals surface area contributed by atoms with Crippen LogP contribution in [0.5, 0.6) is 0 Å². The van der Waals surface area contributed by atoms with Gasteiger partial charge in [-0.05, 0) is 37.5 Å². The normalized spacial score (nSPS) is 15.1. The van der Waals surface area contributed by atoms with Gasteiger partial charge < -0.3 is 9.47 Å². The van der Waals surface area contributed by atoms with E-state index in [1.807, 2.05) is 0 Å². The van der Waals surface area contributed by atoms with Crippen LogP contribution in [0.3, 0.4) is 0 Å². The monoisotopic (exact) mass is 412 g/mol. The van der Waals surface area contributed by atoms with Gasteiger partial charge in [-0.2, -0.15) is 0 Å². The number of nitrogens with two attached hydrogens (primary N) is 1. The summed E-state index contributed by atoms with van der Waals surface area (Å²) in [6, 6.07) is 4.90. The molecular formula is C17H24N4O2S3. The van der Waals surface area contributed by atoms with Crippen LogP contribution < -0.4 is 5.14 Å². The summed E-state index contributed by atoms with van der Waals surface area (Å²) in [7, 11) is -3.73.